The van der Waals surface area contributed by atoms with Gasteiger partial charge in [0.05, 0.1) is 17.5 Å². The number of hydrogen-bond donors (Lipinski definition) is 2. The number of nitrogens with one attached hydrogen (secondary N) is 2. The fourth-order valence-corrected chi connectivity index (χ4v) is 7.63. The van der Waals surface area contributed by atoms with Crippen LogP contribution in [0.2, 0.25) is 0 Å². The Morgan fingerprint density at radius 1 is 0.860 bits per heavy atom. The zero-order valence-corrected chi connectivity index (χ0v) is 25.5. The van der Waals surface area contributed by atoms with Crippen LogP contribution in [0, 0.1) is 24.6 Å². The Bertz CT molecular complexity index is 1430. The van der Waals surface area contributed by atoms with Crippen molar-refractivity contribution in [3.8, 4) is 0 Å². The van der Waals surface area contributed by atoms with Crippen LogP contribution < -0.4 is 15.5 Å². The molecule has 2 saturated carbocycles. The number of fused-ring (bicyclic) bond motifs is 1. The smallest absolute Gasteiger partial charge is 0.257 e. The molecule has 1 heterocycles. The van der Waals surface area contributed by atoms with Crippen molar-refractivity contribution in [1.29, 1.82) is 0 Å². The van der Waals surface area contributed by atoms with Gasteiger partial charge in [-0.15, -0.1) is 0 Å². The number of halogens is 1. The zero-order chi connectivity index (χ0) is 30.1. The first-order valence-electron chi connectivity index (χ1n) is 15.8. The van der Waals surface area contributed by atoms with E-state index in [2.05, 4.69) is 34.9 Å². The topological polar surface area (TPSA) is 64.7 Å². The van der Waals surface area contributed by atoms with E-state index in [0.717, 1.165) is 41.9 Å². The summed E-state index contributed by atoms with van der Waals surface area (Å²) in [6.07, 6.45) is 8.37. The molecule has 3 aliphatic rings. The summed E-state index contributed by atoms with van der Waals surface area (Å²) < 4.78 is 15.3. The van der Waals surface area contributed by atoms with E-state index in [0.29, 0.717) is 18.0 Å². The minimum atomic E-state index is -0.512. The molecule has 0 radical (unpaired) electrons. The molecule has 0 bridgehead atoms. The maximum Gasteiger partial charge on any atom is 0.257 e. The first kappa shape index (κ1) is 29.2. The highest BCUT2D eigenvalue weighted by atomic mass is 19.1. The Morgan fingerprint density at radius 3 is 2.23 bits per heavy atom. The standard InChI is InChI=1S/C36H43FN4O2/c1-23-8-6-12-31(37)33(23)36(43)41-32-13-7-9-25(32)22-30(35(42)39-28-18-20-29(21-19-28)40(2)3)34(41)24-14-16-27(17-15-24)38-26-10-4-5-11-26/h6,8,12,14-21,25-26,30,32,34,38H,4-5,7,9-11,13,22H2,1-3H3,(H,39,42)/t25-,30+,32-,34+/m1/s1. The first-order chi connectivity index (χ1) is 20.8. The van der Waals surface area contributed by atoms with Crippen LogP contribution in [0.1, 0.15) is 78.9 Å². The second-order valence-corrected chi connectivity index (χ2v) is 12.9. The van der Waals surface area contributed by atoms with Crippen molar-refractivity contribution >= 4 is 28.9 Å². The Morgan fingerprint density at radius 2 is 1.56 bits per heavy atom. The molecule has 0 aromatic heterocycles. The van der Waals surface area contributed by atoms with Crippen molar-refractivity contribution in [3.05, 3.63) is 89.2 Å². The van der Waals surface area contributed by atoms with Crippen molar-refractivity contribution < 1.29 is 14.0 Å². The van der Waals surface area contributed by atoms with Gasteiger partial charge in [0.2, 0.25) is 5.91 Å². The molecule has 7 heteroatoms. The molecule has 3 aromatic rings. The van der Waals surface area contributed by atoms with E-state index in [1.165, 1.54) is 31.7 Å². The van der Waals surface area contributed by atoms with Crippen LogP contribution >= 0.6 is 0 Å². The summed E-state index contributed by atoms with van der Waals surface area (Å²) in [6.45, 7) is 1.78. The molecule has 0 spiro atoms. The number of hydrogen-bond acceptors (Lipinski definition) is 4. The summed E-state index contributed by atoms with van der Waals surface area (Å²) in [5, 5.41) is 6.81. The van der Waals surface area contributed by atoms with E-state index in [-0.39, 0.29) is 29.3 Å². The van der Waals surface area contributed by atoms with Gasteiger partial charge in [-0.3, -0.25) is 9.59 Å². The molecule has 1 saturated heterocycles. The van der Waals surface area contributed by atoms with Crippen LogP contribution in [0.15, 0.2) is 66.7 Å². The van der Waals surface area contributed by atoms with Crippen LogP contribution in [0.3, 0.4) is 0 Å². The fourth-order valence-electron chi connectivity index (χ4n) is 7.63. The van der Waals surface area contributed by atoms with E-state index >= 15 is 4.39 Å². The molecule has 0 unspecified atom stereocenters. The normalized spacial score (nSPS) is 23.6. The van der Waals surface area contributed by atoms with E-state index in [1.807, 2.05) is 48.2 Å². The third-order valence-corrected chi connectivity index (χ3v) is 9.85. The quantitative estimate of drug-likeness (QED) is 0.302. The van der Waals surface area contributed by atoms with Crippen LogP contribution in [0.5, 0.6) is 0 Å². The van der Waals surface area contributed by atoms with Crippen molar-refractivity contribution in [2.75, 3.05) is 29.6 Å². The summed E-state index contributed by atoms with van der Waals surface area (Å²) in [5.41, 5.74) is 4.45. The van der Waals surface area contributed by atoms with Crippen molar-refractivity contribution in [3.63, 3.8) is 0 Å². The summed E-state index contributed by atoms with van der Waals surface area (Å²) in [6, 6.07) is 20.8. The number of rotatable bonds is 7. The lowest BCUT2D eigenvalue weighted by Crippen LogP contribution is -2.54. The molecule has 2 N–H and O–H groups in total. The average Bonchev–Trinajstić information content (AvgIpc) is 3.69. The maximum absolute atomic E-state index is 15.3. The zero-order valence-electron chi connectivity index (χ0n) is 25.5. The van der Waals surface area contributed by atoms with E-state index in [4.69, 9.17) is 0 Å². The number of anilines is 3. The predicted molar refractivity (Wildman–Crippen MR) is 171 cm³/mol. The van der Waals surface area contributed by atoms with Gasteiger partial charge < -0.3 is 20.4 Å². The summed E-state index contributed by atoms with van der Waals surface area (Å²) in [7, 11) is 3.96. The molecule has 3 fully saturated rings. The van der Waals surface area contributed by atoms with Crippen LogP contribution in [0.4, 0.5) is 21.5 Å². The summed E-state index contributed by atoms with van der Waals surface area (Å²) in [4.78, 5) is 32.5. The number of benzene rings is 3. The summed E-state index contributed by atoms with van der Waals surface area (Å²) >= 11 is 0. The van der Waals surface area contributed by atoms with Crippen LogP contribution in [-0.2, 0) is 4.79 Å². The third kappa shape index (κ3) is 5.99. The number of carbonyl (C=O) groups excluding carboxylic acids is 2. The number of aryl methyl sites for hydroxylation is 1. The number of likely N-dealkylation sites (tertiary alicyclic amines) is 1. The highest BCUT2D eigenvalue weighted by Crippen LogP contribution is 2.49. The van der Waals surface area contributed by atoms with E-state index < -0.39 is 17.8 Å². The maximum atomic E-state index is 15.3. The van der Waals surface area contributed by atoms with E-state index in [9.17, 15) is 9.59 Å². The lowest BCUT2D eigenvalue weighted by Gasteiger charge is -2.48. The molecule has 226 valence electrons. The van der Waals surface area contributed by atoms with Crippen LogP contribution in [0.25, 0.3) is 0 Å². The van der Waals surface area contributed by atoms with Gasteiger partial charge in [0.1, 0.15) is 5.82 Å². The first-order valence-corrected chi connectivity index (χ1v) is 15.8. The minimum Gasteiger partial charge on any atom is -0.382 e. The highest BCUT2D eigenvalue weighted by Gasteiger charge is 2.50. The van der Waals surface area contributed by atoms with Gasteiger partial charge in [-0.05, 0) is 98.5 Å². The molecule has 2 amide bonds. The molecular weight excluding hydrogens is 539 g/mol. The number of carbonyl (C=O) groups is 2. The molecule has 43 heavy (non-hydrogen) atoms. The molecule has 2 aliphatic carbocycles. The largest absolute Gasteiger partial charge is 0.382 e. The minimum absolute atomic E-state index is 0.0313. The molecule has 4 atom stereocenters. The Hall–Kier alpha value is -3.87. The molecular formula is C36H43FN4O2. The second kappa shape index (κ2) is 12.4. The van der Waals surface area contributed by atoms with Gasteiger partial charge in [0.15, 0.2) is 0 Å². The monoisotopic (exact) mass is 582 g/mol. The van der Waals surface area contributed by atoms with Crippen molar-refractivity contribution in [2.24, 2.45) is 11.8 Å². The van der Waals surface area contributed by atoms with Gasteiger partial charge in [0, 0.05) is 43.2 Å². The predicted octanol–water partition coefficient (Wildman–Crippen LogP) is 7.57. The lowest BCUT2D eigenvalue weighted by molar-refractivity contribution is -0.125. The molecule has 3 aromatic carbocycles. The number of piperidine rings is 1. The van der Waals surface area contributed by atoms with Crippen molar-refractivity contribution in [1.82, 2.24) is 4.90 Å². The SMILES string of the molecule is Cc1cccc(F)c1C(=O)N1[C@@H]2CCC[C@@H]2C[C@H](C(=O)Nc2ccc(N(C)C)cc2)[C@@H]1c1ccc(NC2CCCC2)cc1. The molecule has 6 nitrogen and oxygen atoms in total. The Kier molecular flexibility index (Phi) is 8.42. The van der Waals surface area contributed by atoms with E-state index in [1.54, 1.807) is 19.1 Å². The van der Waals surface area contributed by atoms with Gasteiger partial charge in [-0.25, -0.2) is 4.39 Å². The van der Waals surface area contributed by atoms with Crippen LogP contribution in [-0.4, -0.2) is 42.9 Å². The van der Waals surface area contributed by atoms with Gasteiger partial charge in [0.25, 0.3) is 5.91 Å². The average molecular weight is 583 g/mol. The van der Waals surface area contributed by atoms with Gasteiger partial charge in [-0.2, -0.15) is 0 Å². The summed E-state index contributed by atoms with van der Waals surface area (Å²) in [5.74, 6) is -1.22. The lowest BCUT2D eigenvalue weighted by atomic mass is 9.76. The van der Waals surface area contributed by atoms with Crippen molar-refractivity contribution in [2.45, 2.75) is 76.4 Å². The fraction of sp³-hybridized carbons (Fsp3) is 0.444. The molecule has 6 rings (SSSR count). The van der Waals surface area contributed by atoms with Gasteiger partial charge in [-0.1, -0.05) is 43.5 Å². The number of amides is 2. The Labute approximate surface area is 254 Å². The third-order valence-electron chi connectivity index (χ3n) is 9.85. The number of nitrogens with zero attached hydrogens (tertiary/aromatic N) is 2. The molecule has 1 aliphatic heterocycles. The Balaban J connectivity index is 1.37. The highest BCUT2D eigenvalue weighted by molar-refractivity contribution is 5.98. The second-order valence-electron chi connectivity index (χ2n) is 12.9. The van der Waals surface area contributed by atoms with Gasteiger partial charge >= 0.3 is 0 Å².